The van der Waals surface area contributed by atoms with Crippen molar-refractivity contribution in [3.05, 3.63) is 70.7 Å². The third-order valence-electron chi connectivity index (χ3n) is 3.10. The fourth-order valence-corrected chi connectivity index (χ4v) is 2.61. The van der Waals surface area contributed by atoms with E-state index < -0.39 is 0 Å². The van der Waals surface area contributed by atoms with Crippen molar-refractivity contribution in [2.24, 2.45) is 0 Å². The molecular weight excluding hydrogens is 288 g/mol. The summed E-state index contributed by atoms with van der Waals surface area (Å²) in [7, 11) is 0. The summed E-state index contributed by atoms with van der Waals surface area (Å²) in [6, 6.07) is 14.7. The molecule has 0 amide bonds. The Labute approximate surface area is 114 Å². The van der Waals surface area contributed by atoms with Gasteiger partial charge in [-0.05, 0) is 46.5 Å². The van der Waals surface area contributed by atoms with Gasteiger partial charge in [0.1, 0.15) is 0 Å². The summed E-state index contributed by atoms with van der Waals surface area (Å²) in [5.74, 6) is 0. The maximum atomic E-state index is 4.49. The average Bonchev–Trinajstić information content (AvgIpc) is 2.80. The topological polar surface area (TPSA) is 17.3 Å². The van der Waals surface area contributed by atoms with E-state index in [0.29, 0.717) is 0 Å². The van der Waals surface area contributed by atoms with Gasteiger partial charge in [-0.2, -0.15) is 0 Å². The van der Waals surface area contributed by atoms with Gasteiger partial charge in [0.15, 0.2) is 0 Å². The van der Waals surface area contributed by atoms with Gasteiger partial charge < -0.3 is 4.40 Å². The van der Waals surface area contributed by atoms with Crippen LogP contribution < -0.4 is 0 Å². The van der Waals surface area contributed by atoms with Gasteiger partial charge in [-0.25, -0.2) is 0 Å². The number of hydrogen-bond donors (Lipinski definition) is 0. The molecule has 3 rings (SSSR count). The molecule has 2 aromatic heterocycles. The van der Waals surface area contributed by atoms with Crippen LogP contribution in [0.3, 0.4) is 0 Å². The van der Waals surface area contributed by atoms with Gasteiger partial charge >= 0.3 is 0 Å². The van der Waals surface area contributed by atoms with Gasteiger partial charge in [0.25, 0.3) is 0 Å². The molecule has 0 spiro atoms. The van der Waals surface area contributed by atoms with E-state index in [1.165, 1.54) is 11.1 Å². The van der Waals surface area contributed by atoms with Crippen molar-refractivity contribution in [2.75, 3.05) is 0 Å². The molecule has 0 atom stereocenters. The van der Waals surface area contributed by atoms with Gasteiger partial charge in [-0.15, -0.1) is 0 Å². The molecule has 0 aliphatic rings. The second kappa shape index (κ2) is 4.94. The molecule has 0 aliphatic carbocycles. The Hall–Kier alpha value is -1.61. The molecule has 0 N–H and O–H groups in total. The molecule has 90 valence electrons. The lowest BCUT2D eigenvalue weighted by Crippen LogP contribution is -1.98. The second-order valence-electron chi connectivity index (χ2n) is 4.27. The fourth-order valence-electron chi connectivity index (χ4n) is 2.17. The van der Waals surface area contributed by atoms with Crippen LogP contribution in [0, 0.1) is 0 Å². The normalized spacial score (nSPS) is 10.9. The SMILES string of the molecule is Brc1ccc2c(CCc3ccccc3)nccn12. The van der Waals surface area contributed by atoms with Crippen LogP contribution in [0.15, 0.2) is 59.5 Å². The Kier molecular flexibility index (Phi) is 3.15. The predicted octanol–water partition coefficient (Wildman–Crippen LogP) is 3.88. The summed E-state index contributed by atoms with van der Waals surface area (Å²) in [5.41, 5.74) is 3.68. The number of hydrogen-bond acceptors (Lipinski definition) is 1. The average molecular weight is 301 g/mol. The first-order chi connectivity index (χ1) is 8.84. The van der Waals surface area contributed by atoms with Crippen LogP contribution in [0.2, 0.25) is 0 Å². The van der Waals surface area contributed by atoms with Gasteiger partial charge in [0, 0.05) is 12.4 Å². The molecule has 1 aromatic carbocycles. The van der Waals surface area contributed by atoms with E-state index in [9.17, 15) is 0 Å². The minimum atomic E-state index is 0.963. The van der Waals surface area contributed by atoms with Crippen molar-refractivity contribution in [2.45, 2.75) is 12.8 Å². The lowest BCUT2D eigenvalue weighted by Gasteiger charge is -2.04. The largest absolute Gasteiger partial charge is 0.308 e. The molecule has 2 heterocycles. The standard InChI is InChI=1S/C15H13BrN2/c16-15-9-8-14-13(17-10-11-18(14)15)7-6-12-4-2-1-3-5-12/h1-5,8-11H,6-7H2. The van der Waals surface area contributed by atoms with Gasteiger partial charge in [0.2, 0.25) is 0 Å². The highest BCUT2D eigenvalue weighted by Crippen LogP contribution is 2.18. The molecule has 2 nitrogen and oxygen atoms in total. The maximum Gasteiger partial charge on any atom is 0.0893 e. The Morgan fingerprint density at radius 2 is 1.83 bits per heavy atom. The van der Waals surface area contributed by atoms with Crippen LogP contribution >= 0.6 is 15.9 Å². The van der Waals surface area contributed by atoms with Gasteiger partial charge in [-0.1, -0.05) is 30.3 Å². The van der Waals surface area contributed by atoms with Crippen LogP contribution in [0.4, 0.5) is 0 Å². The van der Waals surface area contributed by atoms with Gasteiger partial charge in [-0.3, -0.25) is 4.98 Å². The lowest BCUT2D eigenvalue weighted by molar-refractivity contribution is 0.905. The molecule has 0 bridgehead atoms. The van der Waals surface area contributed by atoms with Crippen molar-refractivity contribution < 1.29 is 0 Å². The first-order valence-corrected chi connectivity index (χ1v) is 6.78. The first-order valence-electron chi connectivity index (χ1n) is 5.99. The molecular formula is C15H13BrN2. The zero-order valence-electron chi connectivity index (χ0n) is 9.88. The Morgan fingerprint density at radius 3 is 2.67 bits per heavy atom. The lowest BCUT2D eigenvalue weighted by atomic mass is 10.1. The number of aryl methyl sites for hydroxylation is 2. The maximum absolute atomic E-state index is 4.49. The monoisotopic (exact) mass is 300 g/mol. The molecule has 0 aliphatic heterocycles. The third-order valence-corrected chi connectivity index (χ3v) is 3.75. The first kappa shape index (κ1) is 11.5. The van der Waals surface area contributed by atoms with Crippen molar-refractivity contribution in [1.29, 1.82) is 0 Å². The van der Waals surface area contributed by atoms with Crippen LogP contribution in [0.1, 0.15) is 11.3 Å². The molecule has 0 fully saturated rings. The molecule has 0 unspecified atom stereocenters. The highest BCUT2D eigenvalue weighted by atomic mass is 79.9. The highest BCUT2D eigenvalue weighted by Gasteiger charge is 2.05. The van der Waals surface area contributed by atoms with E-state index in [0.717, 1.165) is 23.1 Å². The molecule has 18 heavy (non-hydrogen) atoms. The van der Waals surface area contributed by atoms with E-state index in [2.05, 4.69) is 61.7 Å². The smallest absolute Gasteiger partial charge is 0.0893 e. The quantitative estimate of drug-likeness (QED) is 0.717. The van der Waals surface area contributed by atoms with Crippen LogP contribution in [-0.2, 0) is 12.8 Å². The highest BCUT2D eigenvalue weighted by molar-refractivity contribution is 9.10. The van der Waals surface area contributed by atoms with Crippen molar-refractivity contribution in [3.63, 3.8) is 0 Å². The van der Waals surface area contributed by atoms with E-state index in [-0.39, 0.29) is 0 Å². The zero-order valence-corrected chi connectivity index (χ0v) is 11.5. The Balaban J connectivity index is 1.87. The summed E-state index contributed by atoms with van der Waals surface area (Å²) in [5, 5.41) is 0. The van der Waals surface area contributed by atoms with E-state index in [4.69, 9.17) is 0 Å². The predicted molar refractivity (Wildman–Crippen MR) is 76.7 cm³/mol. The summed E-state index contributed by atoms with van der Waals surface area (Å²) in [4.78, 5) is 4.49. The second-order valence-corrected chi connectivity index (χ2v) is 5.08. The number of rotatable bonds is 3. The van der Waals surface area contributed by atoms with Gasteiger partial charge in [0.05, 0.1) is 15.8 Å². The number of aromatic nitrogens is 2. The molecule has 0 radical (unpaired) electrons. The van der Waals surface area contributed by atoms with Crippen LogP contribution in [0.5, 0.6) is 0 Å². The zero-order chi connectivity index (χ0) is 12.4. The van der Waals surface area contributed by atoms with Crippen molar-refractivity contribution >= 4 is 21.4 Å². The minimum absolute atomic E-state index is 0.963. The van der Waals surface area contributed by atoms with E-state index in [1.807, 2.05) is 18.5 Å². The Morgan fingerprint density at radius 1 is 1.00 bits per heavy atom. The number of fused-ring (bicyclic) bond motifs is 1. The van der Waals surface area contributed by atoms with Crippen molar-refractivity contribution in [1.82, 2.24) is 9.38 Å². The van der Waals surface area contributed by atoms with Crippen LogP contribution in [0.25, 0.3) is 5.52 Å². The summed E-state index contributed by atoms with van der Waals surface area (Å²) >= 11 is 3.53. The number of benzene rings is 1. The minimum Gasteiger partial charge on any atom is -0.308 e. The molecule has 3 aromatic rings. The number of nitrogens with zero attached hydrogens (tertiary/aromatic N) is 2. The summed E-state index contributed by atoms with van der Waals surface area (Å²) < 4.78 is 3.19. The summed E-state index contributed by atoms with van der Waals surface area (Å²) in [6.45, 7) is 0. The van der Waals surface area contributed by atoms with Crippen LogP contribution in [-0.4, -0.2) is 9.38 Å². The molecule has 3 heteroatoms. The van der Waals surface area contributed by atoms with E-state index in [1.54, 1.807) is 0 Å². The summed E-state index contributed by atoms with van der Waals surface area (Å²) in [6.07, 6.45) is 5.82. The number of halogens is 1. The Bertz CT molecular complexity index is 659. The van der Waals surface area contributed by atoms with Crippen molar-refractivity contribution in [3.8, 4) is 0 Å². The molecule has 0 saturated carbocycles. The fraction of sp³-hybridized carbons (Fsp3) is 0.133. The molecule has 0 saturated heterocycles. The third kappa shape index (κ3) is 2.18. The van der Waals surface area contributed by atoms with E-state index >= 15 is 0 Å².